The lowest BCUT2D eigenvalue weighted by atomic mass is 9.97. The Morgan fingerprint density at radius 1 is 1.00 bits per heavy atom. The van der Waals surface area contributed by atoms with Crippen LogP contribution in [-0.2, 0) is 16.6 Å². The fourth-order valence-electron chi connectivity index (χ4n) is 5.15. The fraction of sp³-hybridized carbons (Fsp3) is 0.346. The minimum atomic E-state index is -3.70. The van der Waals surface area contributed by atoms with Gasteiger partial charge in [-0.15, -0.1) is 10.2 Å². The summed E-state index contributed by atoms with van der Waals surface area (Å²) in [5.41, 5.74) is 5.05. The number of nitrogens with zero attached hydrogens (tertiary/aromatic N) is 9. The van der Waals surface area contributed by atoms with Crippen LogP contribution in [0.2, 0.25) is 0 Å². The lowest BCUT2D eigenvalue weighted by Crippen LogP contribution is -2.38. The van der Waals surface area contributed by atoms with Crippen molar-refractivity contribution in [1.82, 2.24) is 49.5 Å². The van der Waals surface area contributed by atoms with Crippen LogP contribution in [0.15, 0.2) is 52.4 Å². The number of H-pyrrole nitrogens is 1. The van der Waals surface area contributed by atoms with E-state index in [1.165, 1.54) is 15.3 Å². The minimum Gasteiger partial charge on any atom is -0.308 e. The van der Waals surface area contributed by atoms with E-state index >= 15 is 0 Å². The first-order valence-corrected chi connectivity index (χ1v) is 14.4. The minimum absolute atomic E-state index is 0.100. The molecule has 4 heterocycles. The molecule has 6 rings (SSSR count). The number of aromatic nitrogens is 9. The molecule has 0 atom stereocenters. The van der Waals surface area contributed by atoms with Crippen molar-refractivity contribution < 1.29 is 8.42 Å². The van der Waals surface area contributed by atoms with Gasteiger partial charge in [0.05, 0.1) is 17.1 Å². The van der Waals surface area contributed by atoms with Gasteiger partial charge in [-0.2, -0.15) is 4.31 Å². The third kappa shape index (κ3) is 4.69. The van der Waals surface area contributed by atoms with Crippen LogP contribution in [0.1, 0.15) is 46.8 Å². The van der Waals surface area contributed by atoms with Crippen LogP contribution in [0.25, 0.3) is 16.9 Å². The highest BCUT2D eigenvalue weighted by Gasteiger charge is 2.31. The maximum Gasteiger partial charge on any atom is 0.281 e. The second kappa shape index (κ2) is 10.0. The predicted octanol–water partition coefficient (Wildman–Crippen LogP) is 2.03. The number of rotatable bonds is 6. The first kappa shape index (κ1) is 26.0. The summed E-state index contributed by atoms with van der Waals surface area (Å²) in [7, 11) is -3.70. The molecular weight excluding hydrogens is 532 g/mol. The van der Waals surface area contributed by atoms with Gasteiger partial charge in [0, 0.05) is 19.0 Å². The lowest BCUT2D eigenvalue weighted by molar-refractivity contribution is 0.313. The van der Waals surface area contributed by atoms with Crippen molar-refractivity contribution in [3.05, 3.63) is 81.2 Å². The Balaban J connectivity index is 1.21. The summed E-state index contributed by atoms with van der Waals surface area (Å²) in [6.07, 6.45) is 2.51. The third-order valence-electron chi connectivity index (χ3n) is 7.46. The fourth-order valence-corrected chi connectivity index (χ4v) is 6.71. The second-order valence-electron chi connectivity index (χ2n) is 10.2. The molecule has 206 valence electrons. The molecule has 5 aromatic rings. The van der Waals surface area contributed by atoms with Crippen molar-refractivity contribution in [2.75, 3.05) is 13.1 Å². The van der Waals surface area contributed by atoms with E-state index in [1.54, 1.807) is 22.9 Å². The topological polar surface area (TPSA) is 157 Å². The van der Waals surface area contributed by atoms with Gasteiger partial charge in [0.1, 0.15) is 12.2 Å². The molecule has 1 fully saturated rings. The van der Waals surface area contributed by atoms with E-state index in [1.807, 2.05) is 20.8 Å². The van der Waals surface area contributed by atoms with E-state index in [0.29, 0.717) is 49.6 Å². The van der Waals surface area contributed by atoms with Gasteiger partial charge in [-0.25, -0.2) is 22.8 Å². The summed E-state index contributed by atoms with van der Waals surface area (Å²) in [5, 5.41) is 19.4. The van der Waals surface area contributed by atoms with E-state index in [4.69, 9.17) is 4.98 Å². The van der Waals surface area contributed by atoms with Crippen molar-refractivity contribution in [2.45, 2.75) is 51.0 Å². The molecule has 0 radical (unpaired) electrons. The molecule has 0 unspecified atom stereocenters. The van der Waals surface area contributed by atoms with Gasteiger partial charge in [-0.3, -0.25) is 4.79 Å². The summed E-state index contributed by atoms with van der Waals surface area (Å²) >= 11 is 0. The zero-order valence-electron chi connectivity index (χ0n) is 22.3. The van der Waals surface area contributed by atoms with Gasteiger partial charge >= 0.3 is 0 Å². The highest BCUT2D eigenvalue weighted by atomic mass is 32.2. The van der Waals surface area contributed by atoms with Crippen molar-refractivity contribution in [3.63, 3.8) is 0 Å². The largest absolute Gasteiger partial charge is 0.308 e. The number of fused-ring (bicyclic) bond motifs is 1. The molecule has 0 aliphatic carbocycles. The summed E-state index contributed by atoms with van der Waals surface area (Å²) in [6.45, 7) is 6.95. The molecular formula is C26H28N10O3S. The van der Waals surface area contributed by atoms with Crippen molar-refractivity contribution in [1.29, 1.82) is 0 Å². The average molecular weight is 561 g/mol. The van der Waals surface area contributed by atoms with E-state index in [0.717, 1.165) is 22.3 Å². The number of hydrogen-bond donors (Lipinski definition) is 1. The van der Waals surface area contributed by atoms with Gasteiger partial charge in [-0.05, 0) is 78.9 Å². The SMILES string of the molecule is Cc1ccc(C)c(Cn2nnc3c(=O)[nH]c(C4CCN(S(=O)(=O)c5ccc(-n6cnnn6)c(C)c5)CC4)nc32)c1. The number of benzene rings is 2. The summed E-state index contributed by atoms with van der Waals surface area (Å²) in [4.78, 5) is 20.7. The maximum atomic E-state index is 13.4. The van der Waals surface area contributed by atoms with Crippen molar-refractivity contribution in [3.8, 4) is 5.69 Å². The Morgan fingerprint density at radius 2 is 1.80 bits per heavy atom. The molecule has 14 heteroatoms. The van der Waals surface area contributed by atoms with Crippen LogP contribution in [0, 0.1) is 20.8 Å². The zero-order valence-corrected chi connectivity index (χ0v) is 23.1. The first-order valence-electron chi connectivity index (χ1n) is 12.9. The third-order valence-corrected chi connectivity index (χ3v) is 9.35. The van der Waals surface area contributed by atoms with Gasteiger partial charge in [0.2, 0.25) is 10.0 Å². The monoisotopic (exact) mass is 560 g/mol. The number of nitrogens with one attached hydrogen (secondary N) is 1. The van der Waals surface area contributed by atoms with Crippen LogP contribution in [0.3, 0.4) is 0 Å². The van der Waals surface area contributed by atoms with Crippen LogP contribution in [0.5, 0.6) is 0 Å². The molecule has 2 aromatic carbocycles. The molecule has 0 saturated carbocycles. The van der Waals surface area contributed by atoms with E-state index in [2.05, 4.69) is 49.0 Å². The second-order valence-corrected chi connectivity index (χ2v) is 12.1. The molecule has 40 heavy (non-hydrogen) atoms. The Bertz CT molecular complexity index is 1870. The lowest BCUT2D eigenvalue weighted by Gasteiger charge is -2.30. The van der Waals surface area contributed by atoms with E-state index in [-0.39, 0.29) is 21.9 Å². The normalized spacial score (nSPS) is 15.2. The number of aromatic amines is 1. The maximum absolute atomic E-state index is 13.4. The molecule has 1 N–H and O–H groups in total. The molecule has 1 aliphatic heterocycles. The average Bonchev–Trinajstić information content (AvgIpc) is 3.62. The van der Waals surface area contributed by atoms with Gasteiger partial charge in [0.15, 0.2) is 11.2 Å². The highest BCUT2D eigenvalue weighted by Crippen LogP contribution is 2.30. The molecule has 1 saturated heterocycles. The Morgan fingerprint density at radius 3 is 2.52 bits per heavy atom. The molecule has 3 aromatic heterocycles. The highest BCUT2D eigenvalue weighted by molar-refractivity contribution is 7.89. The standard InChI is InChI=1S/C26H28N10O3S/c1-16-4-5-17(2)20(12-16)14-35-25-23(30-32-35)26(37)29-24(28-25)19-8-10-34(11-9-19)40(38,39)21-6-7-22(18(3)13-21)36-15-27-31-33-36/h4-7,12-13,15,19H,8-11,14H2,1-3H3,(H,28,29,37). The Labute approximate surface area is 229 Å². The number of aryl methyl sites for hydroxylation is 3. The zero-order chi connectivity index (χ0) is 28.0. The van der Waals surface area contributed by atoms with E-state index < -0.39 is 10.0 Å². The van der Waals surface area contributed by atoms with Gasteiger partial charge in [0.25, 0.3) is 5.56 Å². The number of tetrazole rings is 1. The number of hydrogen-bond acceptors (Lipinski definition) is 9. The van der Waals surface area contributed by atoms with Crippen LogP contribution in [0.4, 0.5) is 0 Å². The molecule has 0 amide bonds. The molecule has 13 nitrogen and oxygen atoms in total. The van der Waals surface area contributed by atoms with Gasteiger partial charge < -0.3 is 4.98 Å². The Kier molecular flexibility index (Phi) is 6.50. The molecule has 0 bridgehead atoms. The van der Waals surface area contributed by atoms with Crippen LogP contribution >= 0.6 is 0 Å². The first-order chi connectivity index (χ1) is 19.2. The van der Waals surface area contributed by atoms with E-state index in [9.17, 15) is 13.2 Å². The van der Waals surface area contributed by atoms with Crippen molar-refractivity contribution >= 4 is 21.2 Å². The Hall–Kier alpha value is -4.30. The number of piperidine rings is 1. The van der Waals surface area contributed by atoms with Crippen LogP contribution in [-0.4, -0.2) is 71.0 Å². The smallest absolute Gasteiger partial charge is 0.281 e. The van der Waals surface area contributed by atoms with Crippen LogP contribution < -0.4 is 5.56 Å². The predicted molar refractivity (Wildman–Crippen MR) is 146 cm³/mol. The molecule has 1 aliphatic rings. The number of sulfonamides is 1. The molecule has 0 spiro atoms. The van der Waals surface area contributed by atoms with Gasteiger partial charge in [-0.1, -0.05) is 29.0 Å². The summed E-state index contributed by atoms with van der Waals surface area (Å²) < 4.78 is 31.5. The van der Waals surface area contributed by atoms with Crippen molar-refractivity contribution in [2.24, 2.45) is 0 Å². The summed E-state index contributed by atoms with van der Waals surface area (Å²) in [6, 6.07) is 11.1. The summed E-state index contributed by atoms with van der Waals surface area (Å²) in [5.74, 6) is 0.428. The quantitative estimate of drug-likeness (QED) is 0.328.